The average Bonchev–Trinajstić information content (AvgIpc) is 2.83. The van der Waals surface area contributed by atoms with Crippen molar-refractivity contribution in [1.29, 1.82) is 0 Å². The molecule has 1 atom stereocenters. The molecule has 1 aliphatic heterocycles. The van der Waals surface area contributed by atoms with Crippen LogP contribution in [0.4, 0.5) is 5.69 Å². The van der Waals surface area contributed by atoms with Gasteiger partial charge >= 0.3 is 0 Å². The number of carbonyl (C=O) groups excluding carboxylic acids is 1. The number of nitrogens with one attached hydrogen (secondary N) is 2. The molecule has 1 aromatic rings. The van der Waals surface area contributed by atoms with Crippen LogP contribution in [0.3, 0.4) is 0 Å². The number of aromatic nitrogens is 1. The first-order chi connectivity index (χ1) is 10.9. The number of amides is 1. The van der Waals surface area contributed by atoms with E-state index in [2.05, 4.69) is 20.5 Å². The van der Waals surface area contributed by atoms with E-state index >= 15 is 0 Å². The highest BCUT2D eigenvalue weighted by Gasteiger charge is 2.29. The molecule has 0 saturated carbocycles. The van der Waals surface area contributed by atoms with Crippen molar-refractivity contribution in [3.63, 3.8) is 0 Å². The van der Waals surface area contributed by atoms with Crippen LogP contribution in [0.5, 0.6) is 0 Å². The predicted octanol–water partition coefficient (Wildman–Crippen LogP) is 0.362. The van der Waals surface area contributed by atoms with Gasteiger partial charge in [0, 0.05) is 12.6 Å². The minimum Gasteiger partial charge on any atom is -0.384 e. The number of anilines is 1. The second-order valence-corrected chi connectivity index (χ2v) is 8.32. The quantitative estimate of drug-likeness (QED) is 0.697. The van der Waals surface area contributed by atoms with Crippen LogP contribution in [0, 0.1) is 0 Å². The van der Waals surface area contributed by atoms with Gasteiger partial charge < -0.3 is 15.5 Å². The molecular formula is C15H24N4O3S. The Morgan fingerprint density at radius 3 is 2.74 bits per heavy atom. The van der Waals surface area contributed by atoms with Crippen molar-refractivity contribution in [2.45, 2.75) is 18.9 Å². The van der Waals surface area contributed by atoms with Crippen LogP contribution in [0.25, 0.3) is 0 Å². The van der Waals surface area contributed by atoms with Crippen LogP contribution < -0.4 is 10.6 Å². The zero-order chi connectivity index (χ0) is 16.9. The molecule has 0 radical (unpaired) electrons. The highest BCUT2D eigenvalue weighted by Crippen LogP contribution is 2.12. The summed E-state index contributed by atoms with van der Waals surface area (Å²) < 4.78 is 22.8. The minimum atomic E-state index is -3.00. The summed E-state index contributed by atoms with van der Waals surface area (Å²) in [7, 11) is 1.07. The fraction of sp³-hybridized carbons (Fsp3) is 0.600. The maximum Gasteiger partial charge on any atom is 0.270 e. The molecule has 1 amide bonds. The molecule has 2 heterocycles. The van der Waals surface area contributed by atoms with Gasteiger partial charge in [-0.15, -0.1) is 0 Å². The van der Waals surface area contributed by atoms with Crippen LogP contribution >= 0.6 is 0 Å². The molecule has 0 bridgehead atoms. The van der Waals surface area contributed by atoms with E-state index < -0.39 is 9.84 Å². The average molecular weight is 340 g/mol. The SMILES string of the molecule is CN(C)CCCNc1ccc(C(=O)NC2CCS(=O)(=O)C2)nc1. The van der Waals surface area contributed by atoms with Crippen LogP contribution in [0.1, 0.15) is 23.3 Å². The van der Waals surface area contributed by atoms with Crippen molar-refractivity contribution in [1.82, 2.24) is 15.2 Å². The van der Waals surface area contributed by atoms with Crippen molar-refractivity contribution >= 4 is 21.4 Å². The standard InChI is InChI=1S/C15H24N4O3S/c1-19(2)8-3-7-16-12-4-5-14(17-10-12)15(20)18-13-6-9-23(21,22)11-13/h4-5,10,13,16H,3,6-9,11H2,1-2H3,(H,18,20). The summed E-state index contributed by atoms with van der Waals surface area (Å²) in [4.78, 5) is 18.3. The Morgan fingerprint density at radius 1 is 1.39 bits per heavy atom. The van der Waals surface area contributed by atoms with E-state index in [1.807, 2.05) is 20.2 Å². The molecule has 0 aliphatic carbocycles. The number of hydrogen-bond donors (Lipinski definition) is 2. The topological polar surface area (TPSA) is 91.4 Å². The van der Waals surface area contributed by atoms with Gasteiger partial charge in [0.05, 0.1) is 23.4 Å². The van der Waals surface area contributed by atoms with E-state index in [0.717, 1.165) is 25.2 Å². The maximum absolute atomic E-state index is 12.1. The van der Waals surface area contributed by atoms with Gasteiger partial charge in [-0.25, -0.2) is 13.4 Å². The number of carbonyl (C=O) groups is 1. The van der Waals surface area contributed by atoms with Gasteiger partial charge in [0.2, 0.25) is 0 Å². The van der Waals surface area contributed by atoms with Gasteiger partial charge in [-0.1, -0.05) is 0 Å². The molecule has 128 valence electrons. The Morgan fingerprint density at radius 2 is 2.17 bits per heavy atom. The molecule has 2 rings (SSSR count). The molecule has 1 aromatic heterocycles. The summed E-state index contributed by atoms with van der Waals surface area (Å²) in [5.74, 6) is -0.169. The summed E-state index contributed by atoms with van der Waals surface area (Å²) in [6.45, 7) is 1.84. The van der Waals surface area contributed by atoms with Gasteiger partial charge in [0.25, 0.3) is 5.91 Å². The lowest BCUT2D eigenvalue weighted by Crippen LogP contribution is -2.36. The van der Waals surface area contributed by atoms with E-state index in [1.165, 1.54) is 0 Å². The molecule has 1 fully saturated rings. The number of pyridine rings is 1. The number of rotatable bonds is 7. The maximum atomic E-state index is 12.1. The Bertz CT molecular complexity index is 629. The molecule has 0 aromatic carbocycles. The molecule has 2 N–H and O–H groups in total. The van der Waals surface area contributed by atoms with E-state index in [1.54, 1.807) is 12.3 Å². The largest absolute Gasteiger partial charge is 0.384 e. The molecule has 0 spiro atoms. The smallest absolute Gasteiger partial charge is 0.270 e. The summed E-state index contributed by atoms with van der Waals surface area (Å²) in [6.07, 6.45) is 3.11. The Kier molecular flexibility index (Phi) is 5.95. The first kappa shape index (κ1) is 17.7. The fourth-order valence-electron chi connectivity index (χ4n) is 2.43. The lowest BCUT2D eigenvalue weighted by Gasteiger charge is -2.12. The summed E-state index contributed by atoms with van der Waals surface area (Å²) in [6, 6.07) is 3.15. The summed E-state index contributed by atoms with van der Waals surface area (Å²) in [5, 5.41) is 5.98. The molecule has 1 unspecified atom stereocenters. The second-order valence-electron chi connectivity index (χ2n) is 6.09. The molecular weight excluding hydrogens is 316 g/mol. The third-order valence-electron chi connectivity index (χ3n) is 3.68. The van der Waals surface area contributed by atoms with Gasteiger partial charge in [-0.2, -0.15) is 0 Å². The monoisotopic (exact) mass is 340 g/mol. The van der Waals surface area contributed by atoms with Crippen LogP contribution in [-0.2, 0) is 9.84 Å². The first-order valence-electron chi connectivity index (χ1n) is 7.72. The molecule has 1 aliphatic rings. The molecule has 1 saturated heterocycles. The summed E-state index contributed by atoms with van der Waals surface area (Å²) in [5.41, 5.74) is 1.16. The van der Waals surface area contributed by atoms with Crippen molar-refractivity contribution in [2.75, 3.05) is 44.0 Å². The van der Waals surface area contributed by atoms with Crippen molar-refractivity contribution in [3.05, 3.63) is 24.0 Å². The number of hydrogen-bond acceptors (Lipinski definition) is 6. The number of nitrogens with zero attached hydrogens (tertiary/aromatic N) is 2. The number of sulfone groups is 1. The van der Waals surface area contributed by atoms with E-state index in [4.69, 9.17) is 0 Å². The minimum absolute atomic E-state index is 0.0181. The lowest BCUT2D eigenvalue weighted by molar-refractivity contribution is 0.0936. The molecule has 23 heavy (non-hydrogen) atoms. The predicted molar refractivity (Wildman–Crippen MR) is 90.4 cm³/mol. The molecule has 8 heteroatoms. The lowest BCUT2D eigenvalue weighted by atomic mass is 10.2. The van der Waals surface area contributed by atoms with Crippen molar-refractivity contribution in [3.8, 4) is 0 Å². The first-order valence-corrected chi connectivity index (χ1v) is 9.54. The van der Waals surface area contributed by atoms with Gasteiger partial charge in [-0.05, 0) is 45.6 Å². The van der Waals surface area contributed by atoms with Crippen LogP contribution in [0.2, 0.25) is 0 Å². The van der Waals surface area contributed by atoms with Gasteiger partial charge in [0.15, 0.2) is 9.84 Å². The third-order valence-corrected chi connectivity index (χ3v) is 5.44. The Hall–Kier alpha value is -1.67. The zero-order valence-corrected chi connectivity index (χ0v) is 14.4. The summed E-state index contributed by atoms with van der Waals surface area (Å²) >= 11 is 0. The Labute approximate surface area is 137 Å². The van der Waals surface area contributed by atoms with E-state index in [9.17, 15) is 13.2 Å². The highest BCUT2D eigenvalue weighted by molar-refractivity contribution is 7.91. The second kappa shape index (κ2) is 7.74. The van der Waals surface area contributed by atoms with E-state index in [-0.39, 0.29) is 23.5 Å². The van der Waals surface area contributed by atoms with Crippen molar-refractivity contribution < 1.29 is 13.2 Å². The Balaban J connectivity index is 1.81. The third kappa shape index (κ3) is 5.80. The zero-order valence-electron chi connectivity index (χ0n) is 13.6. The van der Waals surface area contributed by atoms with E-state index in [0.29, 0.717) is 12.1 Å². The normalized spacial score (nSPS) is 19.7. The van der Waals surface area contributed by atoms with Gasteiger partial charge in [0.1, 0.15) is 5.69 Å². The van der Waals surface area contributed by atoms with Crippen LogP contribution in [0.15, 0.2) is 18.3 Å². The van der Waals surface area contributed by atoms with Gasteiger partial charge in [-0.3, -0.25) is 4.79 Å². The highest BCUT2D eigenvalue weighted by atomic mass is 32.2. The van der Waals surface area contributed by atoms with Crippen LogP contribution in [-0.4, -0.2) is 68.9 Å². The molecule has 7 nitrogen and oxygen atoms in total. The van der Waals surface area contributed by atoms with Crippen molar-refractivity contribution in [2.24, 2.45) is 0 Å². The fourth-order valence-corrected chi connectivity index (χ4v) is 4.10.